The predicted molar refractivity (Wildman–Crippen MR) is 62.7 cm³/mol. The Balaban J connectivity index is 2.62. The van der Waals surface area contributed by atoms with Gasteiger partial charge < -0.3 is 5.73 Å². The van der Waals surface area contributed by atoms with Crippen LogP contribution in [0.4, 0.5) is 5.69 Å². The van der Waals surface area contributed by atoms with Gasteiger partial charge in [-0.25, -0.2) is 8.42 Å². The zero-order valence-corrected chi connectivity index (χ0v) is 9.31. The van der Waals surface area contributed by atoms with Crippen molar-refractivity contribution in [2.45, 2.75) is 9.79 Å². The number of hydrogen-bond acceptors (Lipinski definition) is 3. The Kier molecular flexibility index (Phi) is 2.66. The van der Waals surface area contributed by atoms with E-state index in [2.05, 4.69) is 0 Å². The quantitative estimate of drug-likeness (QED) is 0.808. The summed E-state index contributed by atoms with van der Waals surface area (Å²) in [5, 5.41) is 0. The Bertz CT molecular complexity index is 591. The lowest BCUT2D eigenvalue weighted by Gasteiger charge is -2.06. The summed E-state index contributed by atoms with van der Waals surface area (Å²) < 4.78 is 24.3. The zero-order valence-electron chi connectivity index (χ0n) is 8.50. The van der Waals surface area contributed by atoms with E-state index in [1.54, 1.807) is 48.5 Å². The highest BCUT2D eigenvalue weighted by atomic mass is 32.2. The summed E-state index contributed by atoms with van der Waals surface area (Å²) in [7, 11) is -3.49. The summed E-state index contributed by atoms with van der Waals surface area (Å²) >= 11 is 0. The molecule has 82 valence electrons. The van der Waals surface area contributed by atoms with Gasteiger partial charge in [0.25, 0.3) is 0 Å². The number of sulfone groups is 1. The van der Waals surface area contributed by atoms with Crippen LogP contribution in [0, 0.1) is 0 Å². The minimum absolute atomic E-state index is 0.154. The van der Waals surface area contributed by atoms with Crippen LogP contribution >= 0.6 is 0 Å². The molecule has 0 radical (unpaired) electrons. The summed E-state index contributed by atoms with van der Waals surface area (Å²) in [4.78, 5) is 0.411. The minimum atomic E-state index is -3.49. The largest absolute Gasteiger partial charge is 0.398 e. The van der Waals surface area contributed by atoms with Gasteiger partial charge in [0.05, 0.1) is 15.5 Å². The fraction of sp³-hybridized carbons (Fsp3) is 0. The number of anilines is 1. The molecule has 0 aromatic heterocycles. The molecule has 0 bridgehead atoms. The van der Waals surface area contributed by atoms with E-state index in [1.165, 1.54) is 6.07 Å². The van der Waals surface area contributed by atoms with Gasteiger partial charge in [-0.3, -0.25) is 0 Å². The van der Waals surface area contributed by atoms with Crippen molar-refractivity contribution in [3.8, 4) is 0 Å². The van der Waals surface area contributed by atoms with Crippen LogP contribution in [-0.4, -0.2) is 8.42 Å². The van der Waals surface area contributed by atoms with Crippen molar-refractivity contribution >= 4 is 15.5 Å². The number of rotatable bonds is 2. The van der Waals surface area contributed by atoms with E-state index in [-0.39, 0.29) is 15.5 Å². The minimum Gasteiger partial charge on any atom is -0.398 e. The number of para-hydroxylation sites is 1. The molecule has 0 spiro atoms. The van der Waals surface area contributed by atoms with E-state index in [4.69, 9.17) is 5.73 Å². The number of hydrogen-bond donors (Lipinski definition) is 1. The van der Waals surface area contributed by atoms with Crippen molar-refractivity contribution in [1.29, 1.82) is 0 Å². The van der Waals surface area contributed by atoms with Gasteiger partial charge in [0.1, 0.15) is 0 Å². The highest BCUT2D eigenvalue weighted by molar-refractivity contribution is 7.91. The first-order valence-electron chi connectivity index (χ1n) is 4.77. The Morgan fingerprint density at radius 2 is 1.38 bits per heavy atom. The van der Waals surface area contributed by atoms with Crippen LogP contribution < -0.4 is 5.73 Å². The number of benzene rings is 2. The van der Waals surface area contributed by atoms with Crippen molar-refractivity contribution in [2.75, 3.05) is 5.73 Å². The normalized spacial score (nSPS) is 11.2. The van der Waals surface area contributed by atoms with Crippen molar-refractivity contribution < 1.29 is 8.42 Å². The lowest BCUT2D eigenvalue weighted by Crippen LogP contribution is -2.05. The average Bonchev–Trinajstić information content (AvgIpc) is 2.30. The van der Waals surface area contributed by atoms with Gasteiger partial charge >= 0.3 is 0 Å². The number of nitrogen functional groups attached to an aromatic ring is 1. The molecule has 2 aromatic rings. The monoisotopic (exact) mass is 233 g/mol. The topological polar surface area (TPSA) is 60.2 Å². The third-order valence-corrected chi connectivity index (χ3v) is 4.11. The second-order valence-electron chi connectivity index (χ2n) is 3.35. The standard InChI is InChI=1S/C12H11NO2S/c13-11-8-4-5-9-12(11)16(14,15)10-6-2-1-3-7-10/h1-9H,13H2. The van der Waals surface area contributed by atoms with Gasteiger partial charge in [0.15, 0.2) is 0 Å². The van der Waals surface area contributed by atoms with Crippen LogP contribution in [0.1, 0.15) is 0 Å². The van der Waals surface area contributed by atoms with Crippen molar-refractivity contribution in [2.24, 2.45) is 0 Å². The van der Waals surface area contributed by atoms with Crippen LogP contribution in [0.2, 0.25) is 0 Å². The van der Waals surface area contributed by atoms with Gasteiger partial charge in [0, 0.05) is 0 Å². The molecular formula is C12H11NO2S. The van der Waals surface area contributed by atoms with E-state index in [1.807, 2.05) is 0 Å². The molecule has 0 aliphatic heterocycles. The fourth-order valence-electron chi connectivity index (χ4n) is 1.45. The van der Waals surface area contributed by atoms with Gasteiger partial charge in [0.2, 0.25) is 9.84 Å². The summed E-state index contributed by atoms with van der Waals surface area (Å²) in [6.07, 6.45) is 0. The maximum Gasteiger partial charge on any atom is 0.208 e. The number of nitrogens with two attached hydrogens (primary N) is 1. The van der Waals surface area contributed by atoms with E-state index >= 15 is 0 Å². The molecule has 16 heavy (non-hydrogen) atoms. The lowest BCUT2D eigenvalue weighted by atomic mass is 10.3. The van der Waals surface area contributed by atoms with Gasteiger partial charge in [-0.05, 0) is 24.3 Å². The SMILES string of the molecule is Nc1ccccc1S(=O)(=O)c1ccccc1. The lowest BCUT2D eigenvalue weighted by molar-refractivity contribution is 0.596. The molecule has 0 saturated carbocycles. The predicted octanol–water partition coefficient (Wildman–Crippen LogP) is 2.10. The Morgan fingerprint density at radius 1 is 0.812 bits per heavy atom. The average molecular weight is 233 g/mol. The summed E-state index contributed by atoms with van der Waals surface area (Å²) in [6, 6.07) is 14.7. The van der Waals surface area contributed by atoms with E-state index in [0.717, 1.165) is 0 Å². The smallest absolute Gasteiger partial charge is 0.208 e. The van der Waals surface area contributed by atoms with Crippen LogP contribution in [0.5, 0.6) is 0 Å². The molecule has 0 aliphatic carbocycles. The molecule has 2 rings (SSSR count). The van der Waals surface area contributed by atoms with Crippen LogP contribution in [0.3, 0.4) is 0 Å². The maximum absolute atomic E-state index is 12.2. The van der Waals surface area contributed by atoms with Crippen LogP contribution in [-0.2, 0) is 9.84 Å². The highest BCUT2D eigenvalue weighted by Gasteiger charge is 2.19. The molecule has 0 fully saturated rings. The first kappa shape index (κ1) is 10.7. The van der Waals surface area contributed by atoms with Crippen molar-refractivity contribution in [1.82, 2.24) is 0 Å². The summed E-state index contributed by atoms with van der Waals surface area (Å²) in [5.41, 5.74) is 5.93. The Morgan fingerprint density at radius 3 is 2.00 bits per heavy atom. The van der Waals surface area contributed by atoms with Crippen LogP contribution in [0.15, 0.2) is 64.4 Å². The molecule has 0 heterocycles. The second-order valence-corrected chi connectivity index (χ2v) is 5.27. The van der Waals surface area contributed by atoms with Crippen LogP contribution in [0.25, 0.3) is 0 Å². The van der Waals surface area contributed by atoms with Gasteiger partial charge in [-0.2, -0.15) is 0 Å². The van der Waals surface area contributed by atoms with E-state index < -0.39 is 9.84 Å². The Hall–Kier alpha value is -1.81. The molecule has 4 heteroatoms. The van der Waals surface area contributed by atoms with Gasteiger partial charge in [-0.15, -0.1) is 0 Å². The Labute approximate surface area is 94.5 Å². The first-order valence-corrected chi connectivity index (χ1v) is 6.25. The third-order valence-electron chi connectivity index (χ3n) is 2.26. The molecule has 2 N–H and O–H groups in total. The summed E-state index contributed by atoms with van der Waals surface area (Å²) in [6.45, 7) is 0. The van der Waals surface area contributed by atoms with E-state index in [0.29, 0.717) is 0 Å². The molecule has 0 atom stereocenters. The molecule has 3 nitrogen and oxygen atoms in total. The fourth-order valence-corrected chi connectivity index (χ4v) is 2.86. The van der Waals surface area contributed by atoms with Crippen molar-refractivity contribution in [3.05, 3.63) is 54.6 Å². The summed E-state index contributed by atoms with van der Waals surface area (Å²) in [5.74, 6) is 0. The molecule has 0 unspecified atom stereocenters. The molecular weight excluding hydrogens is 222 g/mol. The molecule has 2 aromatic carbocycles. The molecule has 0 aliphatic rings. The zero-order chi connectivity index (χ0) is 11.6. The first-order chi connectivity index (χ1) is 7.62. The third kappa shape index (κ3) is 1.79. The molecule has 0 saturated heterocycles. The highest BCUT2D eigenvalue weighted by Crippen LogP contribution is 2.24. The molecule has 0 amide bonds. The van der Waals surface area contributed by atoms with Gasteiger partial charge in [-0.1, -0.05) is 30.3 Å². The van der Waals surface area contributed by atoms with Crippen molar-refractivity contribution in [3.63, 3.8) is 0 Å². The second kappa shape index (κ2) is 3.98. The maximum atomic E-state index is 12.2. The van der Waals surface area contributed by atoms with E-state index in [9.17, 15) is 8.42 Å².